The summed E-state index contributed by atoms with van der Waals surface area (Å²) in [5.41, 5.74) is 1.15. The number of nitrogens with one attached hydrogen (secondary N) is 2. The smallest absolute Gasteiger partial charge is 0.270 e. The van der Waals surface area contributed by atoms with Crippen molar-refractivity contribution in [2.75, 3.05) is 23.9 Å². The third-order valence-electron chi connectivity index (χ3n) is 4.10. The molecule has 0 saturated carbocycles. The number of rotatable bonds is 6. The van der Waals surface area contributed by atoms with Crippen LogP contribution in [0.1, 0.15) is 22.5 Å². The van der Waals surface area contributed by atoms with Gasteiger partial charge in [-0.15, -0.1) is 0 Å². The first kappa shape index (κ1) is 18.1. The standard InChI is InChI=1S/C17H20N4O4S/c1-25-14-4-2-12(3-5-14)9-18-17(22)15-8-16(20-11-19-15)21-13-6-7-26(23,24)10-13/h2-5,8,11,13H,6-7,9-10H2,1H3,(H,18,22)(H,19,20,21). The first-order valence-electron chi connectivity index (χ1n) is 8.15. The summed E-state index contributed by atoms with van der Waals surface area (Å²) in [5, 5.41) is 5.85. The summed E-state index contributed by atoms with van der Waals surface area (Å²) in [5.74, 6) is 1.11. The second-order valence-electron chi connectivity index (χ2n) is 6.06. The van der Waals surface area contributed by atoms with Crippen molar-refractivity contribution in [2.24, 2.45) is 0 Å². The average Bonchev–Trinajstić information content (AvgIpc) is 2.98. The zero-order chi connectivity index (χ0) is 18.6. The van der Waals surface area contributed by atoms with Crippen molar-refractivity contribution in [3.63, 3.8) is 0 Å². The van der Waals surface area contributed by atoms with Gasteiger partial charge in [0.25, 0.3) is 5.91 Å². The van der Waals surface area contributed by atoms with E-state index in [9.17, 15) is 13.2 Å². The van der Waals surface area contributed by atoms with Crippen molar-refractivity contribution in [3.05, 3.63) is 47.9 Å². The molecule has 9 heteroatoms. The molecule has 0 spiro atoms. The van der Waals surface area contributed by atoms with Crippen LogP contribution in [0.5, 0.6) is 5.75 Å². The van der Waals surface area contributed by atoms with E-state index in [1.807, 2.05) is 24.3 Å². The quantitative estimate of drug-likeness (QED) is 0.774. The summed E-state index contributed by atoms with van der Waals surface area (Å²) in [6, 6.07) is 8.71. The Morgan fingerprint density at radius 3 is 2.69 bits per heavy atom. The SMILES string of the molecule is COc1ccc(CNC(=O)c2cc(NC3CCS(=O)(=O)C3)ncn2)cc1. The molecule has 1 aliphatic heterocycles. The summed E-state index contributed by atoms with van der Waals surface area (Å²) >= 11 is 0. The summed E-state index contributed by atoms with van der Waals surface area (Å²) in [6.45, 7) is 0.358. The highest BCUT2D eigenvalue weighted by atomic mass is 32.2. The van der Waals surface area contributed by atoms with E-state index in [4.69, 9.17) is 4.74 Å². The topological polar surface area (TPSA) is 110 Å². The molecule has 3 rings (SSSR count). The van der Waals surface area contributed by atoms with Crippen LogP contribution in [-0.2, 0) is 16.4 Å². The molecular weight excluding hydrogens is 356 g/mol. The highest BCUT2D eigenvalue weighted by molar-refractivity contribution is 7.91. The number of ether oxygens (including phenoxy) is 1. The molecule has 8 nitrogen and oxygen atoms in total. The molecule has 1 aromatic carbocycles. The minimum Gasteiger partial charge on any atom is -0.497 e. The predicted molar refractivity (Wildman–Crippen MR) is 96.9 cm³/mol. The number of hydrogen-bond acceptors (Lipinski definition) is 7. The third-order valence-corrected chi connectivity index (χ3v) is 5.86. The first-order valence-corrected chi connectivity index (χ1v) is 9.97. The zero-order valence-corrected chi connectivity index (χ0v) is 15.1. The van der Waals surface area contributed by atoms with Crippen molar-refractivity contribution in [1.82, 2.24) is 15.3 Å². The van der Waals surface area contributed by atoms with E-state index in [1.54, 1.807) is 7.11 Å². The number of amides is 1. The third kappa shape index (κ3) is 4.69. The highest BCUT2D eigenvalue weighted by Gasteiger charge is 2.28. The van der Waals surface area contributed by atoms with Crippen molar-refractivity contribution in [2.45, 2.75) is 19.0 Å². The molecule has 1 amide bonds. The lowest BCUT2D eigenvalue weighted by Gasteiger charge is -2.12. The van der Waals surface area contributed by atoms with Gasteiger partial charge in [-0.25, -0.2) is 18.4 Å². The summed E-state index contributed by atoms with van der Waals surface area (Å²) in [6.07, 6.45) is 1.82. The number of nitrogens with zero attached hydrogens (tertiary/aromatic N) is 2. The first-order chi connectivity index (χ1) is 12.4. The molecule has 0 bridgehead atoms. The Morgan fingerprint density at radius 1 is 1.27 bits per heavy atom. The van der Waals surface area contributed by atoms with Gasteiger partial charge in [0, 0.05) is 18.7 Å². The van der Waals surface area contributed by atoms with Crippen LogP contribution < -0.4 is 15.4 Å². The number of sulfone groups is 1. The molecule has 0 aliphatic carbocycles. The molecule has 1 saturated heterocycles. The maximum atomic E-state index is 12.3. The van der Waals surface area contributed by atoms with Gasteiger partial charge >= 0.3 is 0 Å². The lowest BCUT2D eigenvalue weighted by Crippen LogP contribution is -2.25. The van der Waals surface area contributed by atoms with Crippen molar-refractivity contribution >= 4 is 21.6 Å². The molecule has 1 aliphatic rings. The summed E-state index contributed by atoms with van der Waals surface area (Å²) < 4.78 is 28.1. The second kappa shape index (κ2) is 7.69. The summed E-state index contributed by atoms with van der Waals surface area (Å²) in [4.78, 5) is 20.3. The Morgan fingerprint density at radius 2 is 2.04 bits per heavy atom. The maximum Gasteiger partial charge on any atom is 0.270 e. The van der Waals surface area contributed by atoms with E-state index in [1.165, 1.54) is 12.4 Å². The Hall–Kier alpha value is -2.68. The molecule has 2 heterocycles. The van der Waals surface area contributed by atoms with Crippen LogP contribution in [0.3, 0.4) is 0 Å². The summed E-state index contributed by atoms with van der Waals surface area (Å²) in [7, 11) is -1.38. The molecule has 1 atom stereocenters. The second-order valence-corrected chi connectivity index (χ2v) is 8.29. The fraction of sp³-hybridized carbons (Fsp3) is 0.353. The van der Waals surface area contributed by atoms with Crippen molar-refractivity contribution in [1.29, 1.82) is 0 Å². The Labute approximate surface area is 151 Å². The molecule has 1 unspecified atom stereocenters. The molecule has 2 aromatic rings. The molecule has 2 N–H and O–H groups in total. The average molecular weight is 376 g/mol. The zero-order valence-electron chi connectivity index (χ0n) is 14.3. The molecular formula is C17H20N4O4S. The van der Waals surface area contributed by atoms with Crippen LogP contribution in [0.15, 0.2) is 36.7 Å². The lowest BCUT2D eigenvalue weighted by molar-refractivity contribution is 0.0945. The van der Waals surface area contributed by atoms with E-state index in [0.29, 0.717) is 18.8 Å². The van der Waals surface area contributed by atoms with E-state index < -0.39 is 9.84 Å². The highest BCUT2D eigenvalue weighted by Crippen LogP contribution is 2.16. The largest absolute Gasteiger partial charge is 0.497 e. The van der Waals surface area contributed by atoms with Crippen molar-refractivity contribution < 1.29 is 17.9 Å². The normalized spacial score (nSPS) is 18.3. The van der Waals surface area contributed by atoms with Gasteiger partial charge in [0.05, 0.1) is 18.6 Å². The Kier molecular flexibility index (Phi) is 5.36. The number of carbonyl (C=O) groups is 1. The molecule has 1 aromatic heterocycles. The van der Waals surface area contributed by atoms with Gasteiger partial charge < -0.3 is 15.4 Å². The molecule has 26 heavy (non-hydrogen) atoms. The lowest BCUT2D eigenvalue weighted by atomic mass is 10.2. The molecule has 0 radical (unpaired) electrons. The van der Waals surface area contributed by atoms with Gasteiger partial charge in [-0.05, 0) is 24.1 Å². The fourth-order valence-corrected chi connectivity index (χ4v) is 4.37. The minimum atomic E-state index is -2.98. The fourth-order valence-electron chi connectivity index (χ4n) is 2.69. The van der Waals surface area contributed by atoms with E-state index in [0.717, 1.165) is 11.3 Å². The number of hydrogen-bond donors (Lipinski definition) is 2. The van der Waals surface area contributed by atoms with Gasteiger partial charge in [0.15, 0.2) is 9.84 Å². The van der Waals surface area contributed by atoms with E-state index in [2.05, 4.69) is 20.6 Å². The van der Waals surface area contributed by atoms with Gasteiger partial charge in [0.2, 0.25) is 0 Å². The number of anilines is 1. The number of methoxy groups -OCH3 is 1. The maximum absolute atomic E-state index is 12.3. The van der Waals surface area contributed by atoms with Gasteiger partial charge in [-0.3, -0.25) is 4.79 Å². The predicted octanol–water partition coefficient (Wildman–Crippen LogP) is 1.01. The monoisotopic (exact) mass is 376 g/mol. The number of benzene rings is 1. The van der Waals surface area contributed by atoms with Gasteiger partial charge in [-0.2, -0.15) is 0 Å². The van der Waals surface area contributed by atoms with Crippen LogP contribution in [0.25, 0.3) is 0 Å². The Bertz CT molecular complexity index is 884. The van der Waals surface area contributed by atoms with Crippen LogP contribution in [0, 0.1) is 0 Å². The Balaban J connectivity index is 1.59. The van der Waals surface area contributed by atoms with Crippen LogP contribution >= 0.6 is 0 Å². The van der Waals surface area contributed by atoms with Crippen molar-refractivity contribution in [3.8, 4) is 5.75 Å². The molecule has 1 fully saturated rings. The number of carbonyl (C=O) groups excluding carboxylic acids is 1. The minimum absolute atomic E-state index is 0.0794. The van der Waals surface area contributed by atoms with Crippen LogP contribution in [0.2, 0.25) is 0 Å². The van der Waals surface area contributed by atoms with E-state index >= 15 is 0 Å². The van der Waals surface area contributed by atoms with E-state index in [-0.39, 0.29) is 29.1 Å². The van der Waals surface area contributed by atoms with Gasteiger partial charge in [0.1, 0.15) is 23.6 Å². The van der Waals surface area contributed by atoms with Gasteiger partial charge in [-0.1, -0.05) is 12.1 Å². The van der Waals surface area contributed by atoms with Crippen LogP contribution in [-0.4, -0.2) is 49.0 Å². The van der Waals surface area contributed by atoms with Crippen LogP contribution in [0.4, 0.5) is 5.82 Å². The molecule has 138 valence electrons. The number of aromatic nitrogens is 2.